The number of esters is 1. The first kappa shape index (κ1) is 16.0. The lowest BCUT2D eigenvalue weighted by atomic mass is 9.90. The SMILES string of the molecule is CCOC(=O)C(C)(C)c1csc(NCCC(C)C)n1. The fourth-order valence-corrected chi connectivity index (χ4v) is 2.43. The number of thiazole rings is 1. The number of rotatable bonds is 7. The molecule has 1 heterocycles. The molecule has 0 atom stereocenters. The molecule has 0 spiro atoms. The molecule has 0 aliphatic carbocycles. The normalized spacial score (nSPS) is 11.7. The van der Waals surface area contributed by atoms with Crippen molar-refractivity contribution in [2.45, 2.75) is 46.5 Å². The lowest BCUT2D eigenvalue weighted by molar-refractivity contribution is -0.148. The van der Waals surface area contributed by atoms with Crippen molar-refractivity contribution in [2.75, 3.05) is 18.5 Å². The van der Waals surface area contributed by atoms with Gasteiger partial charge >= 0.3 is 5.97 Å². The van der Waals surface area contributed by atoms with Crippen LogP contribution in [0.1, 0.15) is 46.7 Å². The Bertz CT molecular complexity index is 413. The lowest BCUT2D eigenvalue weighted by Crippen LogP contribution is -2.31. The van der Waals surface area contributed by atoms with Gasteiger partial charge in [0, 0.05) is 11.9 Å². The van der Waals surface area contributed by atoms with Gasteiger partial charge in [-0.1, -0.05) is 13.8 Å². The molecule has 0 amide bonds. The first-order chi connectivity index (χ1) is 8.87. The van der Waals surface area contributed by atoms with Gasteiger partial charge in [-0.2, -0.15) is 0 Å². The van der Waals surface area contributed by atoms with Gasteiger partial charge in [-0.15, -0.1) is 11.3 Å². The number of nitrogens with zero attached hydrogens (tertiary/aromatic N) is 1. The highest BCUT2D eigenvalue weighted by Gasteiger charge is 2.33. The van der Waals surface area contributed by atoms with Gasteiger partial charge in [0.05, 0.1) is 12.3 Å². The molecule has 1 aromatic heterocycles. The van der Waals surface area contributed by atoms with Gasteiger partial charge in [0.2, 0.25) is 0 Å². The van der Waals surface area contributed by atoms with E-state index in [1.165, 1.54) is 11.3 Å². The Kier molecular flexibility index (Phi) is 5.79. The van der Waals surface area contributed by atoms with Gasteiger partial charge in [0.15, 0.2) is 5.13 Å². The molecule has 0 saturated heterocycles. The second-order valence-electron chi connectivity index (χ2n) is 5.49. The summed E-state index contributed by atoms with van der Waals surface area (Å²) in [6, 6.07) is 0. The molecule has 0 unspecified atom stereocenters. The lowest BCUT2D eigenvalue weighted by Gasteiger charge is -2.19. The Morgan fingerprint density at radius 3 is 2.79 bits per heavy atom. The van der Waals surface area contributed by atoms with E-state index in [2.05, 4.69) is 24.1 Å². The maximum Gasteiger partial charge on any atom is 0.317 e. The van der Waals surface area contributed by atoms with Gasteiger partial charge in [-0.05, 0) is 33.1 Å². The quantitative estimate of drug-likeness (QED) is 0.779. The standard InChI is InChI=1S/C14H24N2O2S/c1-6-18-12(17)14(4,5)11-9-19-13(16-11)15-8-7-10(2)3/h9-10H,6-8H2,1-5H3,(H,15,16). The average Bonchev–Trinajstić information content (AvgIpc) is 2.78. The molecule has 0 aliphatic rings. The van der Waals surface area contributed by atoms with E-state index in [0.29, 0.717) is 12.5 Å². The van der Waals surface area contributed by atoms with E-state index in [0.717, 1.165) is 23.8 Å². The number of hydrogen-bond acceptors (Lipinski definition) is 5. The van der Waals surface area contributed by atoms with Crippen molar-refractivity contribution in [3.05, 3.63) is 11.1 Å². The molecule has 1 aromatic rings. The number of carbonyl (C=O) groups is 1. The minimum Gasteiger partial charge on any atom is -0.465 e. The molecular formula is C14H24N2O2S. The maximum absolute atomic E-state index is 11.9. The Hall–Kier alpha value is -1.10. The Balaban J connectivity index is 2.65. The highest BCUT2D eigenvalue weighted by molar-refractivity contribution is 7.13. The zero-order valence-electron chi connectivity index (χ0n) is 12.4. The minimum atomic E-state index is -0.690. The van der Waals surface area contributed by atoms with Crippen LogP contribution in [0.4, 0.5) is 5.13 Å². The molecule has 1 rings (SSSR count). The molecule has 4 nitrogen and oxygen atoms in total. The average molecular weight is 284 g/mol. The van der Waals surface area contributed by atoms with Crippen molar-refractivity contribution in [3.8, 4) is 0 Å². The molecule has 5 heteroatoms. The first-order valence-electron chi connectivity index (χ1n) is 6.75. The maximum atomic E-state index is 11.9. The molecule has 108 valence electrons. The van der Waals surface area contributed by atoms with E-state index in [9.17, 15) is 4.79 Å². The number of hydrogen-bond donors (Lipinski definition) is 1. The third kappa shape index (κ3) is 4.49. The Morgan fingerprint density at radius 2 is 2.21 bits per heavy atom. The van der Waals surface area contributed by atoms with Gasteiger partial charge in [0.25, 0.3) is 0 Å². The van der Waals surface area contributed by atoms with E-state index in [1.807, 2.05) is 26.2 Å². The van der Waals surface area contributed by atoms with E-state index >= 15 is 0 Å². The van der Waals surface area contributed by atoms with Gasteiger partial charge in [-0.25, -0.2) is 4.98 Å². The molecule has 19 heavy (non-hydrogen) atoms. The smallest absolute Gasteiger partial charge is 0.317 e. The molecule has 0 fully saturated rings. The fraction of sp³-hybridized carbons (Fsp3) is 0.714. The number of ether oxygens (including phenoxy) is 1. The second-order valence-corrected chi connectivity index (χ2v) is 6.35. The van der Waals surface area contributed by atoms with Crippen LogP contribution in [0.3, 0.4) is 0 Å². The van der Waals surface area contributed by atoms with Crippen LogP contribution in [0.15, 0.2) is 5.38 Å². The molecular weight excluding hydrogens is 260 g/mol. The summed E-state index contributed by atoms with van der Waals surface area (Å²) in [5, 5.41) is 6.09. The second kappa shape index (κ2) is 6.89. The van der Waals surface area contributed by atoms with Crippen LogP contribution in [0.25, 0.3) is 0 Å². The van der Waals surface area contributed by atoms with Crippen molar-refractivity contribution < 1.29 is 9.53 Å². The van der Waals surface area contributed by atoms with Crippen molar-refractivity contribution >= 4 is 22.4 Å². The highest BCUT2D eigenvalue weighted by Crippen LogP contribution is 2.28. The van der Waals surface area contributed by atoms with E-state index in [4.69, 9.17) is 4.74 Å². The number of aromatic nitrogens is 1. The predicted octanol–water partition coefficient (Wildman–Crippen LogP) is 3.44. The summed E-state index contributed by atoms with van der Waals surface area (Å²) >= 11 is 1.53. The van der Waals surface area contributed by atoms with Crippen LogP contribution < -0.4 is 5.32 Å². The minimum absolute atomic E-state index is 0.228. The summed E-state index contributed by atoms with van der Waals surface area (Å²) in [4.78, 5) is 16.4. The van der Waals surface area contributed by atoms with Crippen LogP contribution in [0.2, 0.25) is 0 Å². The third-order valence-corrected chi connectivity index (χ3v) is 3.73. The fourth-order valence-electron chi connectivity index (χ4n) is 1.53. The zero-order valence-corrected chi connectivity index (χ0v) is 13.3. The number of nitrogens with one attached hydrogen (secondary N) is 1. The predicted molar refractivity (Wildman–Crippen MR) is 79.7 cm³/mol. The van der Waals surface area contributed by atoms with Gasteiger partial charge < -0.3 is 10.1 Å². The summed E-state index contributed by atoms with van der Waals surface area (Å²) in [6.45, 7) is 11.2. The molecule has 0 aromatic carbocycles. The summed E-state index contributed by atoms with van der Waals surface area (Å²) < 4.78 is 5.09. The monoisotopic (exact) mass is 284 g/mol. The molecule has 0 aliphatic heterocycles. The third-order valence-electron chi connectivity index (χ3n) is 2.93. The summed E-state index contributed by atoms with van der Waals surface area (Å²) in [5.41, 5.74) is 0.0767. The Morgan fingerprint density at radius 1 is 1.53 bits per heavy atom. The zero-order chi connectivity index (χ0) is 14.5. The van der Waals surface area contributed by atoms with Crippen LogP contribution >= 0.6 is 11.3 Å². The molecule has 0 bridgehead atoms. The summed E-state index contributed by atoms with van der Waals surface area (Å²) in [7, 11) is 0. The van der Waals surface area contributed by atoms with Crippen LogP contribution in [0, 0.1) is 5.92 Å². The van der Waals surface area contributed by atoms with E-state index in [-0.39, 0.29) is 5.97 Å². The molecule has 0 saturated carbocycles. The van der Waals surface area contributed by atoms with Crippen molar-refractivity contribution in [2.24, 2.45) is 5.92 Å². The first-order valence-corrected chi connectivity index (χ1v) is 7.63. The van der Waals surface area contributed by atoms with Crippen molar-refractivity contribution in [1.82, 2.24) is 4.98 Å². The summed E-state index contributed by atoms with van der Waals surface area (Å²) in [5.74, 6) is 0.442. The van der Waals surface area contributed by atoms with Crippen LogP contribution in [0.5, 0.6) is 0 Å². The largest absolute Gasteiger partial charge is 0.465 e. The van der Waals surface area contributed by atoms with E-state index in [1.54, 1.807) is 0 Å². The number of carbonyl (C=O) groups excluding carboxylic acids is 1. The van der Waals surface area contributed by atoms with Crippen LogP contribution in [-0.4, -0.2) is 24.1 Å². The van der Waals surface area contributed by atoms with Crippen LogP contribution in [-0.2, 0) is 14.9 Å². The number of anilines is 1. The Labute approximate surface area is 119 Å². The topological polar surface area (TPSA) is 51.2 Å². The highest BCUT2D eigenvalue weighted by atomic mass is 32.1. The van der Waals surface area contributed by atoms with Gasteiger partial charge in [-0.3, -0.25) is 4.79 Å². The van der Waals surface area contributed by atoms with E-state index < -0.39 is 5.41 Å². The molecule has 0 radical (unpaired) electrons. The van der Waals surface area contributed by atoms with Crippen molar-refractivity contribution in [3.63, 3.8) is 0 Å². The summed E-state index contributed by atoms with van der Waals surface area (Å²) in [6.07, 6.45) is 1.11. The van der Waals surface area contributed by atoms with Gasteiger partial charge in [0.1, 0.15) is 5.41 Å². The molecule has 1 N–H and O–H groups in total. The van der Waals surface area contributed by atoms with Crippen molar-refractivity contribution in [1.29, 1.82) is 0 Å².